The van der Waals surface area contributed by atoms with E-state index in [-0.39, 0.29) is 5.41 Å². The molecule has 0 aliphatic carbocycles. The van der Waals surface area contributed by atoms with E-state index in [1.807, 2.05) is 0 Å². The third-order valence-corrected chi connectivity index (χ3v) is 10.7. The highest BCUT2D eigenvalue weighted by atomic mass is 15.3. The van der Waals surface area contributed by atoms with Crippen molar-refractivity contribution >= 4 is 50.6 Å². The average Bonchev–Trinajstić information content (AvgIpc) is 3.13. The number of benzene rings is 5. The SMILES string of the molecule is C=C1[n+]2ccc3ccccc3c2-c2cc(N3c4ccccc4N(c4cccc(CCCC)c4)c4ccccc43)ccc2C1(CC)CC. The van der Waals surface area contributed by atoms with Crippen LogP contribution in [0.25, 0.3) is 27.7 Å². The van der Waals surface area contributed by atoms with Gasteiger partial charge in [-0.15, -0.1) is 0 Å². The lowest BCUT2D eigenvalue weighted by Crippen LogP contribution is -2.48. The van der Waals surface area contributed by atoms with E-state index >= 15 is 0 Å². The molecule has 0 atom stereocenters. The van der Waals surface area contributed by atoms with Crippen molar-refractivity contribution in [1.29, 1.82) is 0 Å². The van der Waals surface area contributed by atoms with Crippen molar-refractivity contribution in [3.05, 3.63) is 145 Å². The fraction of sp³-hybridized carbons (Fsp3) is 0.205. The van der Waals surface area contributed by atoms with E-state index in [1.165, 1.54) is 74.4 Å². The highest BCUT2D eigenvalue weighted by Crippen LogP contribution is 2.55. The molecule has 0 bridgehead atoms. The average molecular weight is 613 g/mol. The minimum atomic E-state index is -0.134. The van der Waals surface area contributed by atoms with Crippen molar-refractivity contribution in [1.82, 2.24) is 0 Å². The highest BCUT2D eigenvalue weighted by Gasteiger charge is 2.46. The number of hydrogen-bond acceptors (Lipinski definition) is 2. The fourth-order valence-corrected chi connectivity index (χ4v) is 8.16. The molecule has 2 aliphatic heterocycles. The largest absolute Gasteiger partial charge is 0.306 e. The van der Waals surface area contributed by atoms with E-state index in [2.05, 4.69) is 163 Å². The van der Waals surface area contributed by atoms with Crippen LogP contribution in [-0.4, -0.2) is 0 Å². The van der Waals surface area contributed by atoms with Crippen LogP contribution >= 0.6 is 0 Å². The molecule has 2 aliphatic rings. The summed E-state index contributed by atoms with van der Waals surface area (Å²) in [5.74, 6) is 0. The third-order valence-electron chi connectivity index (χ3n) is 10.7. The molecule has 1 aromatic heterocycles. The summed E-state index contributed by atoms with van der Waals surface area (Å²) in [7, 11) is 0. The van der Waals surface area contributed by atoms with Crippen molar-refractivity contribution in [2.45, 2.75) is 58.3 Å². The van der Waals surface area contributed by atoms with Gasteiger partial charge in [-0.05, 0) is 103 Å². The predicted molar refractivity (Wildman–Crippen MR) is 199 cm³/mol. The molecule has 0 radical (unpaired) electrons. The molecular weight excluding hydrogens is 571 g/mol. The summed E-state index contributed by atoms with van der Waals surface area (Å²) in [6.45, 7) is 11.6. The van der Waals surface area contributed by atoms with E-state index in [9.17, 15) is 0 Å². The molecule has 232 valence electrons. The first-order valence-electron chi connectivity index (χ1n) is 17.2. The van der Waals surface area contributed by atoms with E-state index in [0.717, 1.165) is 30.6 Å². The van der Waals surface area contributed by atoms with Crippen LogP contribution in [0.15, 0.2) is 134 Å². The minimum absolute atomic E-state index is 0.134. The maximum absolute atomic E-state index is 4.73. The van der Waals surface area contributed by atoms with Gasteiger partial charge >= 0.3 is 0 Å². The fourth-order valence-electron chi connectivity index (χ4n) is 8.16. The van der Waals surface area contributed by atoms with Crippen LogP contribution < -0.4 is 14.4 Å². The Morgan fingerprint density at radius 1 is 0.638 bits per heavy atom. The van der Waals surface area contributed by atoms with E-state index in [0.29, 0.717) is 0 Å². The highest BCUT2D eigenvalue weighted by molar-refractivity contribution is 6.03. The van der Waals surface area contributed by atoms with Crippen molar-refractivity contribution < 1.29 is 4.57 Å². The van der Waals surface area contributed by atoms with E-state index in [1.54, 1.807) is 0 Å². The summed E-state index contributed by atoms with van der Waals surface area (Å²) in [6, 6.07) is 44.9. The first-order valence-corrected chi connectivity index (χ1v) is 17.2. The Kier molecular flexibility index (Phi) is 7.21. The van der Waals surface area contributed by atoms with E-state index in [4.69, 9.17) is 6.58 Å². The first kappa shape index (κ1) is 29.3. The smallest absolute Gasteiger partial charge is 0.226 e. The Morgan fingerprint density at radius 2 is 1.26 bits per heavy atom. The summed E-state index contributed by atoms with van der Waals surface area (Å²) < 4.78 is 2.37. The van der Waals surface area contributed by atoms with Gasteiger partial charge in [-0.3, -0.25) is 0 Å². The Hall–Kier alpha value is -5.15. The molecule has 8 rings (SSSR count). The Bertz CT molecular complexity index is 2110. The van der Waals surface area contributed by atoms with Crippen molar-refractivity contribution in [2.24, 2.45) is 0 Å². The predicted octanol–water partition coefficient (Wildman–Crippen LogP) is 11.9. The van der Waals surface area contributed by atoms with Gasteiger partial charge in [-0.25, -0.2) is 0 Å². The molecule has 5 aromatic carbocycles. The van der Waals surface area contributed by atoms with Crippen molar-refractivity contribution in [3.8, 4) is 11.3 Å². The van der Waals surface area contributed by atoms with Gasteiger partial charge in [0.25, 0.3) is 0 Å². The Morgan fingerprint density at radius 3 is 1.89 bits per heavy atom. The van der Waals surface area contributed by atoms with E-state index < -0.39 is 0 Å². The molecule has 3 nitrogen and oxygen atoms in total. The number of fused-ring (bicyclic) bond motifs is 7. The number of unbranched alkanes of at least 4 members (excludes halogenated alkanes) is 1. The monoisotopic (exact) mass is 612 g/mol. The number of rotatable bonds is 7. The molecule has 6 aromatic rings. The quantitative estimate of drug-likeness (QED) is 0.166. The number of pyridine rings is 1. The van der Waals surface area contributed by atoms with Gasteiger partial charge in [-0.1, -0.05) is 87.9 Å². The summed E-state index contributed by atoms with van der Waals surface area (Å²) >= 11 is 0. The summed E-state index contributed by atoms with van der Waals surface area (Å²) in [6.07, 6.45) is 7.71. The van der Waals surface area contributed by atoms with Gasteiger partial charge in [-0.2, -0.15) is 4.57 Å². The number of nitrogens with zero attached hydrogens (tertiary/aromatic N) is 3. The lowest BCUT2D eigenvalue weighted by Gasteiger charge is -2.41. The van der Waals surface area contributed by atoms with Crippen LogP contribution in [-0.2, 0) is 11.8 Å². The molecule has 3 heteroatoms. The van der Waals surface area contributed by atoms with Crippen LogP contribution in [0.2, 0.25) is 0 Å². The summed E-state index contributed by atoms with van der Waals surface area (Å²) in [4.78, 5) is 4.90. The number of para-hydroxylation sites is 4. The van der Waals surface area contributed by atoms with Crippen LogP contribution in [0.1, 0.15) is 57.6 Å². The lowest BCUT2D eigenvalue weighted by atomic mass is 9.68. The zero-order chi connectivity index (χ0) is 32.1. The Labute approximate surface area is 279 Å². The maximum atomic E-state index is 4.73. The second-order valence-corrected chi connectivity index (χ2v) is 13.0. The van der Waals surface area contributed by atoms with Crippen molar-refractivity contribution in [2.75, 3.05) is 9.80 Å². The molecule has 0 fully saturated rings. The number of aromatic nitrogens is 1. The van der Waals surface area contributed by atoms with Crippen LogP contribution in [0.5, 0.6) is 0 Å². The zero-order valence-electron chi connectivity index (χ0n) is 27.7. The summed E-state index contributed by atoms with van der Waals surface area (Å²) in [5, 5.41) is 2.50. The Balaban J connectivity index is 1.35. The first-order chi connectivity index (χ1) is 23.1. The van der Waals surface area contributed by atoms with Gasteiger partial charge < -0.3 is 9.80 Å². The third kappa shape index (κ3) is 4.44. The van der Waals surface area contributed by atoms with Gasteiger partial charge in [0.2, 0.25) is 5.69 Å². The number of allylic oxidation sites excluding steroid dienone is 1. The number of anilines is 6. The number of hydrogen-bond donors (Lipinski definition) is 0. The van der Waals surface area contributed by atoms with Crippen LogP contribution in [0.4, 0.5) is 34.1 Å². The van der Waals surface area contributed by atoms with Gasteiger partial charge in [0, 0.05) is 17.4 Å². The molecule has 3 heterocycles. The van der Waals surface area contributed by atoms with Crippen LogP contribution in [0.3, 0.4) is 0 Å². The molecule has 0 unspecified atom stereocenters. The normalized spacial score (nSPS) is 14.4. The van der Waals surface area contributed by atoms with Gasteiger partial charge in [0.1, 0.15) is 0 Å². The minimum Gasteiger partial charge on any atom is -0.306 e. The van der Waals surface area contributed by atoms with Gasteiger partial charge in [0.05, 0.1) is 39.1 Å². The molecule has 0 saturated heterocycles. The molecule has 0 N–H and O–H groups in total. The lowest BCUT2D eigenvalue weighted by molar-refractivity contribution is -0.576. The maximum Gasteiger partial charge on any atom is 0.226 e. The molecule has 0 saturated carbocycles. The second-order valence-electron chi connectivity index (χ2n) is 13.0. The standard InChI is InChI=1S/C44H42N3/c1-5-8-16-32-17-15-19-34(29-32)46-39-21-11-13-23-41(39)47(42-24-14-12-22-40(42)46)35-25-26-38-37(30-35)43-36-20-10-9-18-33(36)27-28-45(43)31(4)44(38,6-2)7-3/h9-15,17-30H,4-8,16H2,1-3H3/q+1. The molecular formula is C44H42N3+. The van der Waals surface area contributed by atoms with Crippen LogP contribution in [0, 0.1) is 0 Å². The second kappa shape index (κ2) is 11.6. The molecule has 47 heavy (non-hydrogen) atoms. The summed E-state index contributed by atoms with van der Waals surface area (Å²) in [5.41, 5.74) is 13.4. The topological polar surface area (TPSA) is 10.4 Å². The van der Waals surface area contributed by atoms with Crippen molar-refractivity contribution in [3.63, 3.8) is 0 Å². The van der Waals surface area contributed by atoms with Gasteiger partial charge in [0.15, 0.2) is 11.9 Å². The number of aryl methyl sites for hydroxylation is 1. The zero-order valence-corrected chi connectivity index (χ0v) is 27.7. The molecule has 0 spiro atoms. The molecule has 0 amide bonds.